The summed E-state index contributed by atoms with van der Waals surface area (Å²) in [5.41, 5.74) is 8.46. The van der Waals surface area contributed by atoms with E-state index >= 15 is 0 Å². The van der Waals surface area contributed by atoms with E-state index in [1.165, 1.54) is 19.3 Å². The van der Waals surface area contributed by atoms with Gasteiger partial charge >= 0.3 is 0 Å². The van der Waals surface area contributed by atoms with E-state index in [0.29, 0.717) is 12.0 Å². The number of fused-ring (bicyclic) bond motifs is 2. The summed E-state index contributed by atoms with van der Waals surface area (Å²) in [5, 5.41) is 5.32. The summed E-state index contributed by atoms with van der Waals surface area (Å²) in [7, 11) is 0. The van der Waals surface area contributed by atoms with Gasteiger partial charge in [-0.25, -0.2) is 5.43 Å². The van der Waals surface area contributed by atoms with Crippen LogP contribution < -0.4 is 10.9 Å². The fourth-order valence-corrected chi connectivity index (χ4v) is 4.87. The number of carbonyl (C=O) groups is 1. The van der Waals surface area contributed by atoms with Gasteiger partial charge in [0.05, 0.1) is 0 Å². The first kappa shape index (κ1) is 17.2. The molecule has 2 N–H and O–H groups in total. The van der Waals surface area contributed by atoms with Gasteiger partial charge in [0.15, 0.2) is 5.58 Å². The van der Waals surface area contributed by atoms with Gasteiger partial charge in [0, 0.05) is 50.1 Å². The van der Waals surface area contributed by atoms with E-state index in [1.54, 1.807) is 0 Å². The molecule has 1 aromatic carbocycles. The molecule has 144 valence electrons. The number of amides is 1. The van der Waals surface area contributed by atoms with Crippen molar-refractivity contribution in [2.45, 2.75) is 44.3 Å². The van der Waals surface area contributed by atoms with Crippen molar-refractivity contribution in [2.24, 2.45) is 5.92 Å². The van der Waals surface area contributed by atoms with Crippen LogP contribution in [0, 0.1) is 5.92 Å². The third-order valence-electron chi connectivity index (χ3n) is 6.45. The number of nitrogens with one attached hydrogen (secondary N) is 2. The van der Waals surface area contributed by atoms with Crippen LogP contribution in [0.15, 0.2) is 28.8 Å². The zero-order valence-electron chi connectivity index (χ0n) is 15.6. The Morgan fingerprint density at radius 1 is 1.11 bits per heavy atom. The summed E-state index contributed by atoms with van der Waals surface area (Å²) in [4.78, 5) is 17.4. The van der Waals surface area contributed by atoms with Gasteiger partial charge < -0.3 is 9.42 Å². The lowest BCUT2D eigenvalue weighted by molar-refractivity contribution is -0.136. The monoisotopic (exact) mass is 369 g/mol. The second-order valence-corrected chi connectivity index (χ2v) is 8.05. The topological polar surface area (TPSA) is 73.6 Å². The maximum absolute atomic E-state index is 13.0. The molecule has 27 heavy (non-hydrogen) atoms. The number of hydrogen-bond acceptors (Lipinski definition) is 6. The molecule has 1 aliphatic carbocycles. The molecule has 2 saturated heterocycles. The standard InChI is InChI=1S/C20H27N5O2/c26-20(19-15-6-1-3-7-16(15)21-22-19)25-11-9-24(10-12-25)13-17-14-5-2-4-8-18(14)27-23-17/h2,4-5,8,15-16,19,21-22H,1,3,6-7,9-13H2. The molecule has 2 aliphatic heterocycles. The van der Waals surface area contributed by atoms with Crippen LogP contribution in [0.25, 0.3) is 11.0 Å². The van der Waals surface area contributed by atoms with Crippen molar-refractivity contribution < 1.29 is 9.32 Å². The molecule has 0 bridgehead atoms. The van der Waals surface area contributed by atoms with Crippen molar-refractivity contribution in [3.63, 3.8) is 0 Å². The van der Waals surface area contributed by atoms with E-state index in [-0.39, 0.29) is 11.9 Å². The molecule has 3 unspecified atom stereocenters. The predicted molar refractivity (Wildman–Crippen MR) is 102 cm³/mol. The normalized spacial score (nSPS) is 29.2. The molecule has 3 heterocycles. The largest absolute Gasteiger partial charge is 0.356 e. The number of hydrazine groups is 1. The second kappa shape index (κ2) is 7.22. The highest BCUT2D eigenvalue weighted by Crippen LogP contribution is 2.31. The second-order valence-electron chi connectivity index (χ2n) is 8.05. The molecule has 2 aromatic rings. The first-order valence-corrected chi connectivity index (χ1v) is 10.1. The zero-order chi connectivity index (χ0) is 18.2. The summed E-state index contributed by atoms with van der Waals surface area (Å²) in [6.45, 7) is 4.09. The Bertz CT molecular complexity index is 814. The molecule has 1 aromatic heterocycles. The molecule has 0 radical (unpaired) electrons. The molecule has 1 saturated carbocycles. The Morgan fingerprint density at radius 3 is 2.81 bits per heavy atom. The van der Waals surface area contributed by atoms with Gasteiger partial charge in [-0.1, -0.05) is 30.1 Å². The van der Waals surface area contributed by atoms with Crippen molar-refractivity contribution in [3.05, 3.63) is 30.0 Å². The van der Waals surface area contributed by atoms with Crippen molar-refractivity contribution in [1.29, 1.82) is 0 Å². The molecule has 3 aliphatic rings. The minimum absolute atomic E-state index is 0.0543. The first-order chi connectivity index (χ1) is 13.3. The third-order valence-corrected chi connectivity index (χ3v) is 6.45. The van der Waals surface area contributed by atoms with Gasteiger partial charge in [-0.2, -0.15) is 0 Å². The Balaban J connectivity index is 1.18. The molecule has 3 fully saturated rings. The Labute approximate surface area is 159 Å². The van der Waals surface area contributed by atoms with Crippen molar-refractivity contribution >= 4 is 16.9 Å². The van der Waals surface area contributed by atoms with Gasteiger partial charge in [-0.05, 0) is 25.0 Å². The van der Waals surface area contributed by atoms with Gasteiger partial charge in [0.1, 0.15) is 11.7 Å². The van der Waals surface area contributed by atoms with Gasteiger partial charge in [-0.15, -0.1) is 0 Å². The highest BCUT2D eigenvalue weighted by Gasteiger charge is 2.42. The number of hydrogen-bond donors (Lipinski definition) is 2. The van der Waals surface area contributed by atoms with E-state index in [1.807, 2.05) is 23.1 Å². The van der Waals surface area contributed by atoms with Crippen LogP contribution in [0.1, 0.15) is 31.4 Å². The SMILES string of the molecule is O=C(C1NNC2CCCCC21)N1CCN(Cc2noc3ccccc23)CC1. The molecule has 5 rings (SSSR count). The summed E-state index contributed by atoms with van der Waals surface area (Å²) in [6.07, 6.45) is 4.85. The molecule has 7 heteroatoms. The summed E-state index contributed by atoms with van der Waals surface area (Å²) >= 11 is 0. The molecule has 0 spiro atoms. The maximum atomic E-state index is 13.0. The molecule has 1 amide bonds. The lowest BCUT2D eigenvalue weighted by atomic mass is 9.81. The van der Waals surface area contributed by atoms with E-state index in [9.17, 15) is 4.79 Å². The average molecular weight is 369 g/mol. The van der Waals surface area contributed by atoms with Crippen molar-refractivity contribution in [2.75, 3.05) is 26.2 Å². The average Bonchev–Trinajstić information content (AvgIpc) is 3.33. The van der Waals surface area contributed by atoms with Crippen LogP contribution in [0.2, 0.25) is 0 Å². The highest BCUT2D eigenvalue weighted by atomic mass is 16.5. The number of rotatable bonds is 3. The number of carbonyl (C=O) groups excluding carboxylic acids is 1. The number of piperazine rings is 1. The van der Waals surface area contributed by atoms with Gasteiger partial charge in [-0.3, -0.25) is 15.1 Å². The van der Waals surface area contributed by atoms with E-state index in [4.69, 9.17) is 4.52 Å². The van der Waals surface area contributed by atoms with Gasteiger partial charge in [0.25, 0.3) is 0 Å². The molecule has 3 atom stereocenters. The first-order valence-electron chi connectivity index (χ1n) is 10.1. The van der Waals surface area contributed by atoms with Crippen LogP contribution in [0.5, 0.6) is 0 Å². The van der Waals surface area contributed by atoms with Gasteiger partial charge in [0.2, 0.25) is 5.91 Å². The minimum Gasteiger partial charge on any atom is -0.356 e. The Kier molecular flexibility index (Phi) is 4.59. The number of aromatic nitrogens is 1. The van der Waals surface area contributed by atoms with Crippen LogP contribution in [-0.4, -0.2) is 59.1 Å². The van der Waals surface area contributed by atoms with Crippen LogP contribution in [-0.2, 0) is 11.3 Å². The van der Waals surface area contributed by atoms with Crippen LogP contribution in [0.4, 0.5) is 0 Å². The maximum Gasteiger partial charge on any atom is 0.241 e. The summed E-state index contributed by atoms with van der Waals surface area (Å²) in [6, 6.07) is 8.39. The van der Waals surface area contributed by atoms with Crippen LogP contribution >= 0.6 is 0 Å². The number of para-hydroxylation sites is 1. The smallest absolute Gasteiger partial charge is 0.241 e. The van der Waals surface area contributed by atoms with E-state index < -0.39 is 0 Å². The predicted octanol–water partition coefficient (Wildman–Crippen LogP) is 1.51. The number of nitrogens with zero attached hydrogens (tertiary/aromatic N) is 3. The van der Waals surface area contributed by atoms with E-state index in [0.717, 1.165) is 55.8 Å². The minimum atomic E-state index is -0.0543. The quantitative estimate of drug-likeness (QED) is 0.854. The molecular formula is C20H27N5O2. The van der Waals surface area contributed by atoms with Crippen molar-refractivity contribution in [1.82, 2.24) is 25.8 Å². The fourth-order valence-electron chi connectivity index (χ4n) is 4.87. The Hall–Kier alpha value is -1.96. The molecular weight excluding hydrogens is 342 g/mol. The van der Waals surface area contributed by atoms with E-state index in [2.05, 4.69) is 27.0 Å². The summed E-state index contributed by atoms with van der Waals surface area (Å²) in [5.74, 6) is 0.717. The highest BCUT2D eigenvalue weighted by molar-refractivity contribution is 5.83. The molecule has 7 nitrogen and oxygen atoms in total. The van der Waals surface area contributed by atoms with Crippen molar-refractivity contribution in [3.8, 4) is 0 Å². The fraction of sp³-hybridized carbons (Fsp3) is 0.600. The number of benzene rings is 1. The Morgan fingerprint density at radius 2 is 1.93 bits per heavy atom. The third kappa shape index (κ3) is 3.24. The lowest BCUT2D eigenvalue weighted by Gasteiger charge is -2.37. The summed E-state index contributed by atoms with van der Waals surface area (Å²) < 4.78 is 5.41. The lowest BCUT2D eigenvalue weighted by Crippen LogP contribution is -2.54. The zero-order valence-corrected chi connectivity index (χ0v) is 15.6. The van der Waals surface area contributed by atoms with Crippen LogP contribution in [0.3, 0.4) is 0 Å².